The van der Waals surface area contributed by atoms with Gasteiger partial charge in [-0.05, 0) is 30.3 Å². The van der Waals surface area contributed by atoms with Crippen molar-refractivity contribution in [3.05, 3.63) is 57.5 Å². The molecule has 0 heterocycles. The van der Waals surface area contributed by atoms with Gasteiger partial charge in [0, 0.05) is 5.02 Å². The molecule has 0 atom stereocenters. The van der Waals surface area contributed by atoms with Gasteiger partial charge in [0.25, 0.3) is 0 Å². The third kappa shape index (κ3) is 4.77. The summed E-state index contributed by atoms with van der Waals surface area (Å²) in [6, 6.07) is 11.0. The molecular weight excluding hydrogens is 395 g/mol. The molecule has 0 aliphatic carbocycles. The zero-order valence-electron chi connectivity index (χ0n) is 12.5. The van der Waals surface area contributed by atoms with Crippen molar-refractivity contribution in [3.63, 3.8) is 0 Å². The fourth-order valence-electron chi connectivity index (χ4n) is 1.95. The molecule has 5 nitrogen and oxygen atoms in total. The van der Waals surface area contributed by atoms with Gasteiger partial charge in [0.1, 0.15) is 6.54 Å². The summed E-state index contributed by atoms with van der Waals surface area (Å²) in [5.74, 6) is -0.556. The van der Waals surface area contributed by atoms with Crippen molar-refractivity contribution in [3.8, 4) is 0 Å². The number of benzene rings is 2. The molecule has 1 amide bonds. The zero-order valence-corrected chi connectivity index (χ0v) is 15.5. The number of carbonyl (C=O) groups excluding carboxylic acids is 1. The number of nitrogens with one attached hydrogen (secondary N) is 1. The highest BCUT2D eigenvalue weighted by Crippen LogP contribution is 2.30. The predicted octanol–water partition coefficient (Wildman–Crippen LogP) is 4.05. The molecule has 0 radical (unpaired) electrons. The number of anilines is 2. The van der Waals surface area contributed by atoms with E-state index in [4.69, 9.17) is 34.8 Å². The van der Waals surface area contributed by atoms with E-state index in [-0.39, 0.29) is 10.7 Å². The summed E-state index contributed by atoms with van der Waals surface area (Å²) < 4.78 is 25.0. The van der Waals surface area contributed by atoms with Crippen LogP contribution in [0, 0.1) is 0 Å². The van der Waals surface area contributed by atoms with Gasteiger partial charge in [-0.2, -0.15) is 0 Å². The van der Waals surface area contributed by atoms with Crippen LogP contribution in [0.5, 0.6) is 0 Å². The summed E-state index contributed by atoms with van der Waals surface area (Å²) >= 11 is 17.8. The topological polar surface area (TPSA) is 66.5 Å². The molecule has 0 aliphatic rings. The lowest BCUT2D eigenvalue weighted by Crippen LogP contribution is -2.37. The van der Waals surface area contributed by atoms with Crippen molar-refractivity contribution in [1.82, 2.24) is 0 Å². The maximum atomic E-state index is 12.2. The lowest BCUT2D eigenvalue weighted by Gasteiger charge is -2.23. The number of amides is 1. The Morgan fingerprint density at radius 1 is 1.08 bits per heavy atom. The summed E-state index contributed by atoms with van der Waals surface area (Å²) in [5, 5.41) is 3.40. The van der Waals surface area contributed by atoms with Gasteiger partial charge in [-0.3, -0.25) is 9.10 Å². The van der Waals surface area contributed by atoms with Crippen LogP contribution in [-0.4, -0.2) is 27.1 Å². The van der Waals surface area contributed by atoms with Crippen LogP contribution >= 0.6 is 34.8 Å². The van der Waals surface area contributed by atoms with E-state index in [2.05, 4.69) is 5.32 Å². The van der Waals surface area contributed by atoms with Crippen LogP contribution in [0.15, 0.2) is 42.5 Å². The Balaban J connectivity index is 2.27. The molecule has 2 aromatic carbocycles. The van der Waals surface area contributed by atoms with Gasteiger partial charge in [0.05, 0.1) is 27.7 Å². The predicted molar refractivity (Wildman–Crippen MR) is 98.7 cm³/mol. The lowest BCUT2D eigenvalue weighted by molar-refractivity contribution is -0.114. The third-order valence-electron chi connectivity index (χ3n) is 3.01. The van der Waals surface area contributed by atoms with Gasteiger partial charge >= 0.3 is 0 Å². The number of rotatable bonds is 5. The number of halogens is 3. The van der Waals surface area contributed by atoms with E-state index in [1.54, 1.807) is 24.3 Å². The SMILES string of the molecule is CS(=O)(=O)N(CC(=O)Nc1ccccc1Cl)c1ccc(Cl)cc1Cl. The maximum absolute atomic E-state index is 12.2. The van der Waals surface area contributed by atoms with Crippen LogP contribution in [0.2, 0.25) is 15.1 Å². The minimum Gasteiger partial charge on any atom is -0.323 e. The second-order valence-corrected chi connectivity index (χ2v) is 8.05. The summed E-state index contributed by atoms with van der Waals surface area (Å²) in [6.07, 6.45) is 0.987. The molecule has 0 aliphatic heterocycles. The Morgan fingerprint density at radius 3 is 2.33 bits per heavy atom. The monoisotopic (exact) mass is 406 g/mol. The zero-order chi connectivity index (χ0) is 17.9. The minimum atomic E-state index is -3.74. The molecule has 0 spiro atoms. The molecule has 0 aromatic heterocycles. The van der Waals surface area contributed by atoms with Gasteiger partial charge in [-0.15, -0.1) is 0 Å². The van der Waals surface area contributed by atoms with E-state index in [0.29, 0.717) is 15.7 Å². The van der Waals surface area contributed by atoms with Crippen molar-refractivity contribution in [2.75, 3.05) is 22.4 Å². The van der Waals surface area contributed by atoms with E-state index in [0.717, 1.165) is 10.6 Å². The van der Waals surface area contributed by atoms with Gasteiger partial charge in [-0.25, -0.2) is 8.42 Å². The minimum absolute atomic E-state index is 0.124. The molecule has 128 valence electrons. The first-order valence-electron chi connectivity index (χ1n) is 6.65. The van der Waals surface area contributed by atoms with Crippen molar-refractivity contribution in [1.29, 1.82) is 0 Å². The van der Waals surface area contributed by atoms with Crippen LogP contribution in [0.1, 0.15) is 0 Å². The van der Waals surface area contributed by atoms with Crippen LogP contribution in [0.25, 0.3) is 0 Å². The number of para-hydroxylation sites is 1. The lowest BCUT2D eigenvalue weighted by atomic mass is 10.3. The Kier molecular flexibility index (Phi) is 5.98. The smallest absolute Gasteiger partial charge is 0.245 e. The first-order chi connectivity index (χ1) is 11.2. The average molecular weight is 408 g/mol. The van der Waals surface area contributed by atoms with Crippen molar-refractivity contribution in [2.45, 2.75) is 0 Å². The van der Waals surface area contributed by atoms with E-state index in [1.165, 1.54) is 18.2 Å². The van der Waals surface area contributed by atoms with E-state index in [1.807, 2.05) is 0 Å². The molecule has 0 saturated heterocycles. The molecule has 1 N–H and O–H groups in total. The Morgan fingerprint density at radius 2 is 1.75 bits per heavy atom. The fraction of sp³-hybridized carbons (Fsp3) is 0.133. The quantitative estimate of drug-likeness (QED) is 0.813. The van der Waals surface area contributed by atoms with Crippen LogP contribution < -0.4 is 9.62 Å². The molecule has 0 unspecified atom stereocenters. The normalized spacial score (nSPS) is 11.2. The number of nitrogens with zero attached hydrogens (tertiary/aromatic N) is 1. The molecule has 9 heteroatoms. The summed E-state index contributed by atoms with van der Waals surface area (Å²) in [5.41, 5.74) is 0.553. The van der Waals surface area contributed by atoms with Crippen LogP contribution in [0.4, 0.5) is 11.4 Å². The van der Waals surface area contributed by atoms with Crippen molar-refractivity contribution >= 4 is 62.1 Å². The maximum Gasteiger partial charge on any atom is 0.245 e. The Hall–Kier alpha value is -1.47. The Labute approximate surface area is 155 Å². The van der Waals surface area contributed by atoms with E-state index in [9.17, 15) is 13.2 Å². The number of hydrogen-bond donors (Lipinski definition) is 1. The Bertz CT molecular complexity index is 872. The van der Waals surface area contributed by atoms with Gasteiger partial charge in [-0.1, -0.05) is 46.9 Å². The summed E-state index contributed by atoms with van der Waals surface area (Å²) in [4.78, 5) is 12.2. The van der Waals surface area contributed by atoms with Crippen LogP contribution in [-0.2, 0) is 14.8 Å². The first kappa shape index (κ1) is 18.9. The second-order valence-electron chi connectivity index (χ2n) is 4.89. The second kappa shape index (κ2) is 7.61. The number of carbonyl (C=O) groups is 1. The summed E-state index contributed by atoms with van der Waals surface area (Å²) in [7, 11) is -3.74. The fourth-order valence-corrected chi connectivity index (χ4v) is 3.56. The highest BCUT2D eigenvalue weighted by Gasteiger charge is 2.23. The molecule has 2 rings (SSSR count). The van der Waals surface area contributed by atoms with Gasteiger partial charge in [0.15, 0.2) is 0 Å². The summed E-state index contributed by atoms with van der Waals surface area (Å²) in [6.45, 7) is -0.453. The molecular formula is C15H13Cl3N2O3S. The number of hydrogen-bond acceptors (Lipinski definition) is 3. The molecule has 24 heavy (non-hydrogen) atoms. The third-order valence-corrected chi connectivity index (χ3v) is 5.01. The number of sulfonamides is 1. The van der Waals surface area contributed by atoms with E-state index >= 15 is 0 Å². The standard InChI is InChI=1S/C15H13Cl3N2O3S/c1-24(22,23)20(14-7-6-10(16)8-12(14)18)9-15(21)19-13-5-3-2-4-11(13)17/h2-8H,9H2,1H3,(H,19,21). The molecule has 0 saturated carbocycles. The highest BCUT2D eigenvalue weighted by atomic mass is 35.5. The van der Waals surface area contributed by atoms with Crippen molar-refractivity contribution in [2.24, 2.45) is 0 Å². The average Bonchev–Trinajstić information content (AvgIpc) is 2.47. The molecule has 0 bridgehead atoms. The van der Waals surface area contributed by atoms with Gasteiger partial charge < -0.3 is 5.32 Å². The highest BCUT2D eigenvalue weighted by molar-refractivity contribution is 7.92. The molecule has 2 aromatic rings. The van der Waals surface area contributed by atoms with E-state index < -0.39 is 22.5 Å². The largest absolute Gasteiger partial charge is 0.323 e. The van der Waals surface area contributed by atoms with Crippen molar-refractivity contribution < 1.29 is 13.2 Å². The molecule has 0 fully saturated rings. The first-order valence-corrected chi connectivity index (χ1v) is 9.64. The van der Waals surface area contributed by atoms with Crippen LogP contribution in [0.3, 0.4) is 0 Å². The van der Waals surface area contributed by atoms with Gasteiger partial charge in [0.2, 0.25) is 15.9 Å².